The van der Waals surface area contributed by atoms with Gasteiger partial charge in [-0.15, -0.1) is 13.2 Å². The van der Waals surface area contributed by atoms with Crippen LogP contribution in [0, 0.1) is 15.9 Å². The highest BCUT2D eigenvalue weighted by atomic mass is 19.4. The van der Waals surface area contributed by atoms with Crippen molar-refractivity contribution < 1.29 is 41.6 Å². The van der Waals surface area contributed by atoms with E-state index in [0.29, 0.717) is 4.90 Å². The van der Waals surface area contributed by atoms with Gasteiger partial charge in [0, 0.05) is 11.8 Å². The van der Waals surface area contributed by atoms with E-state index >= 15 is 0 Å². The fourth-order valence-electron chi connectivity index (χ4n) is 3.10. The summed E-state index contributed by atoms with van der Waals surface area (Å²) in [4.78, 5) is 47.8. The molecular formula is C19H14F4N4O6. The molecule has 1 heterocycles. The van der Waals surface area contributed by atoms with Gasteiger partial charge in [-0.25, -0.2) is 4.79 Å². The summed E-state index contributed by atoms with van der Waals surface area (Å²) in [5.41, 5.74) is -2.56. The number of halogens is 4. The van der Waals surface area contributed by atoms with Crippen molar-refractivity contribution in [3.8, 4) is 5.75 Å². The van der Waals surface area contributed by atoms with Crippen LogP contribution in [0.1, 0.15) is 12.5 Å². The van der Waals surface area contributed by atoms with Gasteiger partial charge in [0.15, 0.2) is 0 Å². The summed E-state index contributed by atoms with van der Waals surface area (Å²) >= 11 is 0. The standard InChI is InChI=1S/C19H14F4N4O6/c1-18(10-2-5-12(6-3-10)33-19(21,22)23)16(29)26(17(30)25-18)9-15(28)24-11-4-7-13(20)14(8-11)27(31)32/h2-8H,9H2,1H3,(H,24,28)(H,25,30). The number of benzene rings is 2. The van der Waals surface area contributed by atoms with Gasteiger partial charge >= 0.3 is 18.1 Å². The Morgan fingerprint density at radius 3 is 2.42 bits per heavy atom. The molecule has 1 aliphatic rings. The van der Waals surface area contributed by atoms with E-state index < -0.39 is 58.5 Å². The second-order valence-corrected chi connectivity index (χ2v) is 6.99. The average molecular weight is 470 g/mol. The van der Waals surface area contributed by atoms with E-state index in [9.17, 15) is 42.1 Å². The minimum atomic E-state index is -4.90. The number of ether oxygens (including phenoxy) is 1. The highest BCUT2D eigenvalue weighted by Crippen LogP contribution is 2.31. The number of nitro groups is 1. The van der Waals surface area contributed by atoms with Crippen molar-refractivity contribution >= 4 is 29.2 Å². The van der Waals surface area contributed by atoms with E-state index in [1.807, 2.05) is 0 Å². The molecule has 0 spiro atoms. The first kappa shape index (κ1) is 23.4. The SMILES string of the molecule is CC1(c2ccc(OC(F)(F)F)cc2)NC(=O)N(CC(=O)Nc2ccc(F)c([N+](=O)[O-])c2)C1=O. The number of urea groups is 1. The van der Waals surface area contributed by atoms with Crippen LogP contribution in [0.2, 0.25) is 0 Å². The molecule has 3 rings (SSSR count). The molecule has 2 aromatic carbocycles. The van der Waals surface area contributed by atoms with Gasteiger partial charge in [-0.05, 0) is 36.8 Å². The molecule has 14 heteroatoms. The zero-order valence-corrected chi connectivity index (χ0v) is 16.6. The predicted molar refractivity (Wildman–Crippen MR) is 102 cm³/mol. The molecule has 33 heavy (non-hydrogen) atoms. The van der Waals surface area contributed by atoms with E-state index in [0.717, 1.165) is 42.5 Å². The van der Waals surface area contributed by atoms with Crippen LogP contribution in [0.5, 0.6) is 5.75 Å². The number of anilines is 1. The molecule has 1 atom stereocenters. The Morgan fingerprint density at radius 2 is 1.85 bits per heavy atom. The summed E-state index contributed by atoms with van der Waals surface area (Å²) in [5, 5.41) is 15.4. The summed E-state index contributed by atoms with van der Waals surface area (Å²) in [6.07, 6.45) is -4.90. The van der Waals surface area contributed by atoms with E-state index in [1.165, 1.54) is 6.92 Å². The number of carbonyl (C=O) groups excluding carboxylic acids is 3. The second-order valence-electron chi connectivity index (χ2n) is 6.99. The van der Waals surface area contributed by atoms with Crippen molar-refractivity contribution in [3.63, 3.8) is 0 Å². The number of hydrogen-bond donors (Lipinski definition) is 2. The monoisotopic (exact) mass is 470 g/mol. The molecule has 2 N–H and O–H groups in total. The van der Waals surface area contributed by atoms with Crippen LogP contribution in [0.15, 0.2) is 42.5 Å². The van der Waals surface area contributed by atoms with E-state index in [-0.39, 0.29) is 11.3 Å². The van der Waals surface area contributed by atoms with E-state index in [2.05, 4.69) is 15.4 Å². The Kier molecular flexibility index (Phi) is 5.94. The maximum Gasteiger partial charge on any atom is 0.573 e. The van der Waals surface area contributed by atoms with Crippen LogP contribution < -0.4 is 15.4 Å². The van der Waals surface area contributed by atoms with Gasteiger partial charge < -0.3 is 15.4 Å². The normalized spacial score (nSPS) is 18.2. The van der Waals surface area contributed by atoms with Crippen molar-refractivity contribution in [2.75, 3.05) is 11.9 Å². The number of nitrogens with zero attached hydrogens (tertiary/aromatic N) is 2. The third-order valence-corrected chi connectivity index (χ3v) is 4.67. The van der Waals surface area contributed by atoms with Crippen LogP contribution in [-0.2, 0) is 15.1 Å². The van der Waals surface area contributed by atoms with Gasteiger partial charge in [-0.1, -0.05) is 12.1 Å². The number of nitrogens with one attached hydrogen (secondary N) is 2. The number of hydrogen-bond acceptors (Lipinski definition) is 6. The number of imide groups is 1. The molecular weight excluding hydrogens is 456 g/mol. The maximum atomic E-state index is 13.4. The van der Waals surface area contributed by atoms with Crippen LogP contribution in [-0.4, -0.2) is 40.6 Å². The topological polar surface area (TPSA) is 131 Å². The van der Waals surface area contributed by atoms with Crippen molar-refractivity contribution in [2.24, 2.45) is 0 Å². The summed E-state index contributed by atoms with van der Waals surface area (Å²) in [6, 6.07) is 5.88. The van der Waals surface area contributed by atoms with Crippen LogP contribution in [0.25, 0.3) is 0 Å². The summed E-state index contributed by atoms with van der Waals surface area (Å²) in [6.45, 7) is 0.523. The fraction of sp³-hybridized carbons (Fsp3) is 0.211. The van der Waals surface area contributed by atoms with Gasteiger partial charge in [0.1, 0.15) is 17.8 Å². The molecule has 0 aliphatic carbocycles. The first-order valence-corrected chi connectivity index (χ1v) is 9.04. The average Bonchev–Trinajstić information content (AvgIpc) is 2.92. The minimum Gasteiger partial charge on any atom is -0.406 e. The van der Waals surface area contributed by atoms with Gasteiger partial charge in [0.05, 0.1) is 4.92 Å². The molecule has 0 radical (unpaired) electrons. The predicted octanol–water partition coefficient (Wildman–Crippen LogP) is 3.04. The van der Waals surface area contributed by atoms with Crippen LogP contribution >= 0.6 is 0 Å². The highest BCUT2D eigenvalue weighted by molar-refractivity contribution is 6.10. The van der Waals surface area contributed by atoms with Gasteiger partial charge in [-0.3, -0.25) is 24.6 Å². The van der Waals surface area contributed by atoms with Gasteiger partial charge in [-0.2, -0.15) is 4.39 Å². The van der Waals surface area contributed by atoms with Crippen LogP contribution in [0.3, 0.4) is 0 Å². The van der Waals surface area contributed by atoms with Crippen LogP contribution in [0.4, 0.5) is 33.7 Å². The molecule has 1 saturated heterocycles. The fourth-order valence-corrected chi connectivity index (χ4v) is 3.10. The van der Waals surface area contributed by atoms with Crippen molar-refractivity contribution in [2.45, 2.75) is 18.8 Å². The lowest BCUT2D eigenvalue weighted by Crippen LogP contribution is -2.42. The maximum absolute atomic E-state index is 13.4. The molecule has 4 amide bonds. The summed E-state index contributed by atoms with van der Waals surface area (Å²) in [7, 11) is 0. The lowest BCUT2D eigenvalue weighted by atomic mass is 9.92. The number of nitro benzene ring substituents is 1. The molecule has 1 unspecified atom stereocenters. The molecule has 10 nitrogen and oxygen atoms in total. The van der Waals surface area contributed by atoms with Crippen molar-refractivity contribution in [1.29, 1.82) is 0 Å². The van der Waals surface area contributed by atoms with Crippen molar-refractivity contribution in [3.05, 3.63) is 64.0 Å². The highest BCUT2D eigenvalue weighted by Gasteiger charge is 2.49. The molecule has 0 saturated carbocycles. The van der Waals surface area contributed by atoms with E-state index in [4.69, 9.17) is 0 Å². The number of rotatable bonds is 6. The molecule has 0 bridgehead atoms. The molecule has 1 aliphatic heterocycles. The third kappa shape index (κ3) is 4.99. The summed E-state index contributed by atoms with van der Waals surface area (Å²) in [5.74, 6) is -3.42. The Bertz CT molecular complexity index is 1140. The Balaban J connectivity index is 1.72. The number of amides is 4. The molecule has 2 aromatic rings. The molecule has 174 valence electrons. The Labute approximate surface area is 182 Å². The smallest absolute Gasteiger partial charge is 0.406 e. The molecule has 0 aromatic heterocycles. The lowest BCUT2D eigenvalue weighted by Gasteiger charge is -2.22. The summed E-state index contributed by atoms with van der Waals surface area (Å²) < 4.78 is 54.1. The minimum absolute atomic E-state index is 0.132. The first-order valence-electron chi connectivity index (χ1n) is 9.04. The van der Waals surface area contributed by atoms with E-state index in [1.54, 1.807) is 0 Å². The quantitative estimate of drug-likeness (QED) is 0.289. The lowest BCUT2D eigenvalue weighted by molar-refractivity contribution is -0.387. The van der Waals surface area contributed by atoms with Gasteiger partial charge in [0.25, 0.3) is 5.91 Å². The van der Waals surface area contributed by atoms with Gasteiger partial charge in [0.2, 0.25) is 11.7 Å². The Morgan fingerprint density at radius 1 is 1.21 bits per heavy atom. The number of alkyl halides is 3. The second kappa shape index (κ2) is 8.37. The first-order chi connectivity index (χ1) is 15.3. The zero-order chi connectivity index (χ0) is 24.6. The Hall–Kier alpha value is -4.23. The zero-order valence-electron chi connectivity index (χ0n) is 16.6. The van der Waals surface area contributed by atoms with Crippen molar-refractivity contribution in [1.82, 2.24) is 10.2 Å². The number of carbonyl (C=O) groups is 3. The largest absolute Gasteiger partial charge is 0.573 e. The third-order valence-electron chi connectivity index (χ3n) is 4.67. The molecule has 1 fully saturated rings.